The highest BCUT2D eigenvalue weighted by molar-refractivity contribution is 5.85. The van der Waals surface area contributed by atoms with Gasteiger partial charge in [-0.15, -0.1) is 0 Å². The zero-order valence-electron chi connectivity index (χ0n) is 17.9. The molecule has 4 atom stereocenters. The average molecular weight is 448 g/mol. The van der Waals surface area contributed by atoms with Crippen LogP contribution in [0.15, 0.2) is 42.7 Å². The molecule has 2 bridgehead atoms. The van der Waals surface area contributed by atoms with Crippen molar-refractivity contribution in [3.63, 3.8) is 0 Å². The smallest absolute Gasteiger partial charge is 0.257 e. The number of aromatic nitrogens is 4. The molecule has 6 N–H and O–H groups in total. The number of ether oxygens (including phenoxy) is 1. The number of primary amides is 1. The van der Waals surface area contributed by atoms with E-state index in [1.807, 2.05) is 6.07 Å². The van der Waals surface area contributed by atoms with E-state index in [2.05, 4.69) is 48.0 Å². The molecule has 5 rings (SSSR count). The van der Waals surface area contributed by atoms with Gasteiger partial charge in [0.25, 0.3) is 5.91 Å². The maximum atomic E-state index is 12.1. The van der Waals surface area contributed by atoms with Gasteiger partial charge in [0.15, 0.2) is 18.1 Å². The van der Waals surface area contributed by atoms with Crippen molar-refractivity contribution in [2.45, 2.75) is 12.5 Å². The Morgan fingerprint density at radius 1 is 1.24 bits per heavy atom. The van der Waals surface area contributed by atoms with Crippen molar-refractivity contribution in [3.05, 3.63) is 42.7 Å². The van der Waals surface area contributed by atoms with Crippen LogP contribution in [0.5, 0.6) is 5.75 Å². The lowest BCUT2D eigenvalue weighted by Crippen LogP contribution is -2.41. The van der Waals surface area contributed by atoms with Crippen LogP contribution < -0.4 is 26.4 Å². The van der Waals surface area contributed by atoms with Crippen LogP contribution >= 0.6 is 0 Å². The molecule has 11 nitrogen and oxygen atoms in total. The third kappa shape index (κ3) is 4.04. The summed E-state index contributed by atoms with van der Waals surface area (Å²) in [7, 11) is 1.55. The molecule has 1 saturated carbocycles. The maximum absolute atomic E-state index is 12.1. The molecule has 2 amide bonds. The number of fused-ring (bicyclic) bond motifs is 3. The molecule has 2 aliphatic carbocycles. The van der Waals surface area contributed by atoms with Crippen molar-refractivity contribution in [3.8, 4) is 5.75 Å². The summed E-state index contributed by atoms with van der Waals surface area (Å²) in [5.74, 6) is 0.918. The number of nitrogens with two attached hydrogens (primary N) is 1. The first-order chi connectivity index (χ1) is 16.0. The van der Waals surface area contributed by atoms with E-state index in [0.717, 1.165) is 6.42 Å². The molecule has 1 aromatic carbocycles. The normalized spacial score (nSPS) is 22.9. The molecule has 1 unspecified atom stereocenters. The summed E-state index contributed by atoms with van der Waals surface area (Å²) in [5.41, 5.74) is 7.52. The SMILES string of the molecule is CNC(=O)COc1cccc(Nc2nc(N[C@@H]3C(C(N)=O)[C@H]4C=C[C@@H]3C4)c3nc[nH]c3n2)c1. The van der Waals surface area contributed by atoms with Gasteiger partial charge in [-0.1, -0.05) is 18.2 Å². The Bertz CT molecular complexity index is 1240. The minimum Gasteiger partial charge on any atom is -0.484 e. The summed E-state index contributed by atoms with van der Waals surface area (Å²) < 4.78 is 5.50. The number of allylic oxidation sites excluding steroid dienone is 1. The lowest BCUT2D eigenvalue weighted by Gasteiger charge is -2.27. The van der Waals surface area contributed by atoms with Crippen molar-refractivity contribution in [1.29, 1.82) is 0 Å². The number of nitrogens with zero attached hydrogens (tertiary/aromatic N) is 3. The lowest BCUT2D eigenvalue weighted by molar-refractivity contribution is -0.123. The Balaban J connectivity index is 1.39. The van der Waals surface area contributed by atoms with E-state index >= 15 is 0 Å². The number of anilines is 3. The van der Waals surface area contributed by atoms with E-state index in [9.17, 15) is 9.59 Å². The molecule has 0 saturated heterocycles. The second kappa shape index (κ2) is 8.41. The topological polar surface area (TPSA) is 160 Å². The van der Waals surface area contributed by atoms with Crippen LogP contribution in [0.3, 0.4) is 0 Å². The van der Waals surface area contributed by atoms with Gasteiger partial charge in [0.05, 0.1) is 12.2 Å². The maximum Gasteiger partial charge on any atom is 0.257 e. The standard InChI is InChI=1S/C22H24N8O3/c1-24-15(31)9-33-14-4-2-3-13(8-14)27-22-29-20-18(25-10-26-20)21(30-22)28-17-12-6-5-11(7-12)16(17)19(23)32/h2-6,8,10-12,16-17H,7,9H2,1H3,(H2,23,32)(H,24,31)(H3,25,26,27,28,29,30)/t11-,12+,16?,17-/m0/s1. The Morgan fingerprint density at radius 3 is 2.91 bits per heavy atom. The van der Waals surface area contributed by atoms with Crippen LogP contribution in [0.2, 0.25) is 0 Å². The Morgan fingerprint density at radius 2 is 2.09 bits per heavy atom. The monoisotopic (exact) mass is 448 g/mol. The van der Waals surface area contributed by atoms with Gasteiger partial charge in [-0.3, -0.25) is 9.59 Å². The van der Waals surface area contributed by atoms with Crippen LogP contribution in [0.4, 0.5) is 17.5 Å². The second-order valence-corrected chi connectivity index (χ2v) is 8.16. The van der Waals surface area contributed by atoms with E-state index in [1.165, 1.54) is 0 Å². The number of likely N-dealkylation sites (N-methyl/N-ethyl adjacent to an activating group) is 1. The second-order valence-electron chi connectivity index (χ2n) is 8.16. The number of benzene rings is 1. The third-order valence-corrected chi connectivity index (χ3v) is 6.11. The number of hydrogen-bond acceptors (Lipinski definition) is 8. The molecule has 1 fully saturated rings. The molecule has 3 aromatic rings. The van der Waals surface area contributed by atoms with Crippen LogP contribution in [-0.2, 0) is 9.59 Å². The molecular weight excluding hydrogens is 424 g/mol. The average Bonchev–Trinajstić information content (AvgIpc) is 3.54. The first-order valence-electron chi connectivity index (χ1n) is 10.7. The molecule has 2 heterocycles. The molecule has 0 radical (unpaired) electrons. The number of nitrogens with one attached hydrogen (secondary N) is 4. The highest BCUT2D eigenvalue weighted by atomic mass is 16.5. The first-order valence-corrected chi connectivity index (χ1v) is 10.7. The zero-order chi connectivity index (χ0) is 22.9. The molecule has 11 heteroatoms. The predicted molar refractivity (Wildman–Crippen MR) is 122 cm³/mol. The van der Waals surface area contributed by atoms with Crippen LogP contribution in [0.25, 0.3) is 11.2 Å². The summed E-state index contributed by atoms with van der Waals surface area (Å²) >= 11 is 0. The minimum absolute atomic E-state index is 0.0797. The zero-order valence-corrected chi connectivity index (χ0v) is 17.9. The van der Waals surface area contributed by atoms with Crippen molar-refractivity contribution >= 4 is 40.4 Å². The molecule has 0 aliphatic heterocycles. The van der Waals surface area contributed by atoms with Crippen molar-refractivity contribution in [1.82, 2.24) is 25.3 Å². The van der Waals surface area contributed by atoms with Gasteiger partial charge < -0.3 is 31.4 Å². The number of imidazole rings is 1. The molecule has 2 aromatic heterocycles. The van der Waals surface area contributed by atoms with E-state index in [0.29, 0.717) is 34.4 Å². The van der Waals surface area contributed by atoms with Gasteiger partial charge in [0.2, 0.25) is 11.9 Å². The summed E-state index contributed by atoms with van der Waals surface area (Å²) in [6, 6.07) is 6.99. The van der Waals surface area contributed by atoms with Crippen molar-refractivity contribution < 1.29 is 14.3 Å². The fraction of sp³-hybridized carbons (Fsp3) is 0.318. The highest BCUT2D eigenvalue weighted by Crippen LogP contribution is 2.45. The fourth-order valence-electron chi connectivity index (χ4n) is 4.57. The van der Waals surface area contributed by atoms with Crippen LogP contribution in [-0.4, -0.2) is 51.4 Å². The third-order valence-electron chi connectivity index (χ3n) is 6.11. The van der Waals surface area contributed by atoms with E-state index in [4.69, 9.17) is 10.5 Å². The summed E-state index contributed by atoms with van der Waals surface area (Å²) in [4.78, 5) is 40.0. The fourth-order valence-corrected chi connectivity index (χ4v) is 4.57. The van der Waals surface area contributed by atoms with E-state index in [1.54, 1.807) is 31.6 Å². The number of amides is 2. The minimum atomic E-state index is -0.316. The molecule has 170 valence electrons. The number of carbonyl (C=O) groups is 2. The number of aromatic amines is 1. The largest absolute Gasteiger partial charge is 0.484 e. The molecule has 0 spiro atoms. The summed E-state index contributed by atoms with van der Waals surface area (Å²) in [6.07, 6.45) is 6.66. The Hall–Kier alpha value is -4.15. The quantitative estimate of drug-likeness (QED) is 0.322. The Labute approximate surface area is 189 Å². The predicted octanol–water partition coefficient (Wildman–Crippen LogP) is 1.31. The van der Waals surface area contributed by atoms with Gasteiger partial charge in [0, 0.05) is 24.8 Å². The van der Waals surface area contributed by atoms with Gasteiger partial charge in [-0.25, -0.2) is 4.98 Å². The number of H-pyrrole nitrogens is 1. The number of carbonyl (C=O) groups excluding carboxylic acids is 2. The van der Waals surface area contributed by atoms with E-state index in [-0.39, 0.29) is 42.2 Å². The number of rotatable bonds is 8. The first kappa shape index (κ1) is 20.7. The van der Waals surface area contributed by atoms with Crippen molar-refractivity contribution in [2.24, 2.45) is 23.5 Å². The summed E-state index contributed by atoms with van der Waals surface area (Å²) in [5, 5.41) is 9.09. The van der Waals surface area contributed by atoms with Gasteiger partial charge in [-0.2, -0.15) is 9.97 Å². The Kier molecular flexibility index (Phi) is 5.29. The molecule has 33 heavy (non-hydrogen) atoms. The highest BCUT2D eigenvalue weighted by Gasteiger charge is 2.47. The van der Waals surface area contributed by atoms with Gasteiger partial charge in [0.1, 0.15) is 11.3 Å². The molecular formula is C22H24N8O3. The van der Waals surface area contributed by atoms with Gasteiger partial charge >= 0.3 is 0 Å². The van der Waals surface area contributed by atoms with E-state index < -0.39 is 0 Å². The van der Waals surface area contributed by atoms with Gasteiger partial charge in [-0.05, 0) is 30.4 Å². The van der Waals surface area contributed by atoms with Crippen LogP contribution in [0, 0.1) is 17.8 Å². The number of hydrogen-bond donors (Lipinski definition) is 5. The molecule has 2 aliphatic rings. The summed E-state index contributed by atoms with van der Waals surface area (Å²) in [6.45, 7) is -0.0797. The van der Waals surface area contributed by atoms with Crippen molar-refractivity contribution in [2.75, 3.05) is 24.3 Å². The van der Waals surface area contributed by atoms with Crippen LogP contribution in [0.1, 0.15) is 6.42 Å². The lowest BCUT2D eigenvalue weighted by atomic mass is 9.88.